The van der Waals surface area contributed by atoms with Crippen molar-refractivity contribution in [2.75, 3.05) is 10.6 Å². The van der Waals surface area contributed by atoms with E-state index in [1.165, 1.54) is 24.3 Å². The van der Waals surface area contributed by atoms with Crippen molar-refractivity contribution in [1.82, 2.24) is 5.32 Å². The second kappa shape index (κ2) is 10.0. The second-order valence-corrected chi connectivity index (χ2v) is 8.68. The Kier molecular flexibility index (Phi) is 7.34. The second-order valence-electron chi connectivity index (χ2n) is 8.68. The Hall–Kier alpha value is -4.07. The molecule has 0 fully saturated rings. The summed E-state index contributed by atoms with van der Waals surface area (Å²) in [6, 6.07) is 17.7. The Labute approximate surface area is 202 Å². The molecule has 0 atom stereocenters. The van der Waals surface area contributed by atoms with Crippen LogP contribution in [0.3, 0.4) is 0 Å². The fraction of sp³-hybridized carbons (Fsp3) is 0.185. The highest BCUT2D eigenvalue weighted by Gasteiger charge is 2.30. The summed E-state index contributed by atoms with van der Waals surface area (Å²) in [6.45, 7) is 9.58. The molecule has 0 aliphatic carbocycles. The number of allylic oxidation sites excluding steroid dienone is 1. The molecule has 0 radical (unpaired) electrons. The zero-order valence-electron chi connectivity index (χ0n) is 19.6. The largest absolute Gasteiger partial charge is 0.416 e. The summed E-state index contributed by atoms with van der Waals surface area (Å²) in [5, 5.41) is 8.06. The average molecular weight is 482 g/mol. The van der Waals surface area contributed by atoms with E-state index in [4.69, 9.17) is 0 Å². The number of hydrogen-bond donors (Lipinski definition) is 3. The topological polar surface area (TPSA) is 70.2 Å². The number of hydrogen-bond acceptors (Lipinski definition) is 2. The molecular weight excluding hydrogens is 455 g/mol. The molecule has 0 saturated carbocycles. The van der Waals surface area contributed by atoms with Crippen molar-refractivity contribution in [2.45, 2.75) is 32.5 Å². The summed E-state index contributed by atoms with van der Waals surface area (Å²) in [4.78, 5) is 25.3. The van der Waals surface area contributed by atoms with E-state index >= 15 is 0 Å². The van der Waals surface area contributed by atoms with E-state index in [-0.39, 0.29) is 11.3 Å². The normalized spacial score (nSPS) is 11.5. The van der Waals surface area contributed by atoms with Gasteiger partial charge in [0.05, 0.1) is 11.1 Å². The van der Waals surface area contributed by atoms with E-state index in [2.05, 4.69) is 22.5 Å². The van der Waals surface area contributed by atoms with Crippen LogP contribution in [0.25, 0.3) is 5.57 Å². The fourth-order valence-corrected chi connectivity index (χ4v) is 3.41. The molecule has 0 bridgehead atoms. The first-order valence-corrected chi connectivity index (χ1v) is 10.8. The van der Waals surface area contributed by atoms with Gasteiger partial charge in [0.15, 0.2) is 0 Å². The zero-order chi connectivity index (χ0) is 25.8. The number of carbonyl (C=O) groups is 2. The fourth-order valence-electron chi connectivity index (χ4n) is 3.41. The Morgan fingerprint density at radius 2 is 1.34 bits per heavy atom. The van der Waals surface area contributed by atoms with Crippen molar-refractivity contribution in [1.29, 1.82) is 0 Å². The van der Waals surface area contributed by atoms with Gasteiger partial charge < -0.3 is 16.0 Å². The van der Waals surface area contributed by atoms with Gasteiger partial charge in [0, 0.05) is 16.9 Å². The van der Waals surface area contributed by atoms with Crippen molar-refractivity contribution in [3.63, 3.8) is 0 Å². The number of rotatable bonds is 6. The Balaban J connectivity index is 1.69. The van der Waals surface area contributed by atoms with Gasteiger partial charge in [0.25, 0.3) is 5.91 Å². The van der Waals surface area contributed by atoms with Gasteiger partial charge in [-0.3, -0.25) is 4.79 Å². The third-order valence-electron chi connectivity index (χ3n) is 5.33. The number of halogens is 3. The van der Waals surface area contributed by atoms with Crippen LogP contribution < -0.4 is 16.0 Å². The molecule has 8 heteroatoms. The standard InChI is InChI=1S/C27H26F3N3O2/c1-17(2)18-8-5-10-20(14-18)26(3,4)33-25(35)32-22-12-6-9-19(15-22)24(34)31-23-13-7-11-21(16-23)27(28,29)30/h5-16H,1H2,2-4H3,(H,31,34)(H2,32,33,35). The lowest BCUT2D eigenvalue weighted by Crippen LogP contribution is -2.43. The molecule has 0 aliphatic rings. The van der Waals surface area contributed by atoms with Crippen molar-refractivity contribution in [3.8, 4) is 0 Å². The predicted octanol–water partition coefficient (Wildman–Crippen LogP) is 7.05. The molecular formula is C27H26F3N3O2. The summed E-state index contributed by atoms with van der Waals surface area (Å²) >= 11 is 0. The Morgan fingerprint density at radius 1 is 0.771 bits per heavy atom. The van der Waals surface area contributed by atoms with Gasteiger partial charge in [-0.1, -0.05) is 42.5 Å². The molecule has 3 rings (SSSR count). The van der Waals surface area contributed by atoms with Crippen LogP contribution in [0.4, 0.5) is 29.3 Å². The van der Waals surface area contributed by atoms with Gasteiger partial charge in [-0.2, -0.15) is 13.2 Å². The predicted molar refractivity (Wildman–Crippen MR) is 132 cm³/mol. The molecule has 182 valence electrons. The smallest absolute Gasteiger partial charge is 0.329 e. The van der Waals surface area contributed by atoms with Crippen LogP contribution in [0.5, 0.6) is 0 Å². The molecule has 0 saturated heterocycles. The van der Waals surface area contributed by atoms with Gasteiger partial charge >= 0.3 is 12.2 Å². The van der Waals surface area contributed by atoms with Crippen LogP contribution in [0.2, 0.25) is 0 Å². The highest BCUT2D eigenvalue weighted by atomic mass is 19.4. The minimum atomic E-state index is -4.52. The number of benzene rings is 3. The number of anilines is 2. The molecule has 0 heterocycles. The van der Waals surface area contributed by atoms with Crippen molar-refractivity contribution < 1.29 is 22.8 Å². The summed E-state index contributed by atoms with van der Waals surface area (Å²) in [7, 11) is 0. The highest BCUT2D eigenvalue weighted by Crippen LogP contribution is 2.31. The Morgan fingerprint density at radius 3 is 2.00 bits per heavy atom. The van der Waals surface area contributed by atoms with Crippen molar-refractivity contribution in [2.24, 2.45) is 0 Å². The summed E-state index contributed by atoms with van der Waals surface area (Å²) < 4.78 is 38.8. The first-order valence-electron chi connectivity index (χ1n) is 10.8. The number of nitrogens with one attached hydrogen (secondary N) is 3. The maximum absolute atomic E-state index is 12.9. The number of amides is 3. The number of carbonyl (C=O) groups excluding carboxylic acids is 2. The van der Waals surface area contributed by atoms with Crippen molar-refractivity contribution >= 4 is 28.9 Å². The van der Waals surface area contributed by atoms with E-state index in [9.17, 15) is 22.8 Å². The van der Waals surface area contributed by atoms with E-state index < -0.39 is 29.2 Å². The maximum atomic E-state index is 12.9. The van der Waals surface area contributed by atoms with E-state index in [0.29, 0.717) is 5.69 Å². The lowest BCUT2D eigenvalue weighted by Gasteiger charge is -2.27. The number of alkyl halides is 3. The van der Waals surface area contributed by atoms with Gasteiger partial charge in [-0.15, -0.1) is 0 Å². The van der Waals surface area contributed by atoms with Gasteiger partial charge in [0.2, 0.25) is 0 Å². The van der Waals surface area contributed by atoms with Crippen LogP contribution in [0, 0.1) is 0 Å². The van der Waals surface area contributed by atoms with Crippen molar-refractivity contribution in [3.05, 3.63) is 102 Å². The number of urea groups is 1. The average Bonchev–Trinajstić information content (AvgIpc) is 2.78. The van der Waals surface area contributed by atoms with E-state index in [0.717, 1.165) is 28.8 Å². The molecule has 35 heavy (non-hydrogen) atoms. The summed E-state index contributed by atoms with van der Waals surface area (Å²) in [5.74, 6) is -0.606. The third-order valence-corrected chi connectivity index (χ3v) is 5.33. The lowest BCUT2D eigenvalue weighted by atomic mass is 9.92. The van der Waals surface area contributed by atoms with E-state index in [1.807, 2.05) is 45.0 Å². The molecule has 3 N–H and O–H groups in total. The monoisotopic (exact) mass is 481 g/mol. The molecule has 3 aromatic rings. The highest BCUT2D eigenvalue weighted by molar-refractivity contribution is 6.05. The minimum absolute atomic E-state index is 0.0136. The SMILES string of the molecule is C=C(C)c1cccc(C(C)(C)NC(=O)Nc2cccc(C(=O)Nc3cccc(C(F)(F)F)c3)c2)c1. The molecule has 0 spiro atoms. The van der Waals surface area contributed by atoms with Gasteiger partial charge in [-0.25, -0.2) is 4.79 Å². The van der Waals surface area contributed by atoms with Crippen LogP contribution >= 0.6 is 0 Å². The minimum Gasteiger partial charge on any atom is -0.329 e. The van der Waals surface area contributed by atoms with Crippen LogP contribution in [0.1, 0.15) is 47.8 Å². The summed E-state index contributed by atoms with van der Waals surface area (Å²) in [6.07, 6.45) is -4.52. The van der Waals surface area contributed by atoms with Crippen LogP contribution in [0.15, 0.2) is 79.4 Å². The first-order chi connectivity index (χ1) is 16.3. The van der Waals surface area contributed by atoms with Gasteiger partial charge in [0.1, 0.15) is 0 Å². The zero-order valence-corrected chi connectivity index (χ0v) is 19.6. The third kappa shape index (κ3) is 6.72. The van der Waals surface area contributed by atoms with E-state index in [1.54, 1.807) is 12.1 Å². The molecule has 0 aromatic heterocycles. The first kappa shape index (κ1) is 25.6. The Bertz CT molecular complexity index is 1270. The maximum Gasteiger partial charge on any atom is 0.416 e. The lowest BCUT2D eigenvalue weighted by molar-refractivity contribution is -0.137. The molecule has 5 nitrogen and oxygen atoms in total. The van der Waals surface area contributed by atoms with Crippen LogP contribution in [-0.4, -0.2) is 11.9 Å². The molecule has 3 amide bonds. The molecule has 3 aromatic carbocycles. The molecule has 0 unspecified atom stereocenters. The quantitative estimate of drug-likeness (QED) is 0.353. The summed E-state index contributed by atoms with van der Waals surface area (Å²) in [5.41, 5.74) is 1.75. The van der Waals surface area contributed by atoms with Gasteiger partial charge in [-0.05, 0) is 74.4 Å². The van der Waals surface area contributed by atoms with Crippen LogP contribution in [-0.2, 0) is 11.7 Å². The molecule has 0 aliphatic heterocycles.